The van der Waals surface area contributed by atoms with Crippen LogP contribution in [0.3, 0.4) is 0 Å². The Kier molecular flexibility index (Phi) is 4.58. The van der Waals surface area contributed by atoms with E-state index < -0.39 is 5.54 Å². The Hall–Kier alpha value is -0.940. The fraction of sp³-hybridized carbons (Fsp3) is 0.643. The molecular formula is C14H22N2O2S. The van der Waals surface area contributed by atoms with Crippen LogP contribution in [0.15, 0.2) is 21.6 Å². The van der Waals surface area contributed by atoms with E-state index in [0.717, 1.165) is 36.5 Å². The Balaban J connectivity index is 2.08. The molecule has 0 saturated heterocycles. The van der Waals surface area contributed by atoms with Crippen LogP contribution in [0.25, 0.3) is 0 Å². The molecule has 1 atom stereocenters. The SMILES string of the molecule is CCCNC(CSc1ccoc1C)(C(N)=O)C1CC1. The Morgan fingerprint density at radius 1 is 1.63 bits per heavy atom. The molecule has 5 heteroatoms. The lowest BCUT2D eigenvalue weighted by molar-refractivity contribution is -0.124. The monoisotopic (exact) mass is 282 g/mol. The molecule has 0 aliphatic heterocycles. The van der Waals surface area contributed by atoms with E-state index in [4.69, 9.17) is 10.2 Å². The number of nitrogens with two attached hydrogens (primary N) is 1. The third-order valence-corrected chi connectivity index (χ3v) is 5.01. The van der Waals surface area contributed by atoms with Gasteiger partial charge in [-0.05, 0) is 44.7 Å². The fourth-order valence-corrected chi connectivity index (χ4v) is 3.58. The summed E-state index contributed by atoms with van der Waals surface area (Å²) in [5, 5.41) is 3.40. The third kappa shape index (κ3) is 3.15. The highest BCUT2D eigenvalue weighted by Crippen LogP contribution is 2.42. The van der Waals surface area contributed by atoms with E-state index >= 15 is 0 Å². The summed E-state index contributed by atoms with van der Waals surface area (Å²) in [5.41, 5.74) is 5.13. The number of carbonyl (C=O) groups is 1. The fourth-order valence-electron chi connectivity index (χ4n) is 2.31. The molecule has 4 nitrogen and oxygen atoms in total. The van der Waals surface area contributed by atoms with Gasteiger partial charge < -0.3 is 15.5 Å². The van der Waals surface area contributed by atoms with Crippen LogP contribution in [-0.4, -0.2) is 23.7 Å². The highest BCUT2D eigenvalue weighted by Gasteiger charge is 2.49. The van der Waals surface area contributed by atoms with E-state index in [1.807, 2.05) is 13.0 Å². The first-order valence-electron chi connectivity index (χ1n) is 6.82. The van der Waals surface area contributed by atoms with Gasteiger partial charge in [0.05, 0.1) is 6.26 Å². The van der Waals surface area contributed by atoms with Crippen molar-refractivity contribution in [2.75, 3.05) is 12.3 Å². The highest BCUT2D eigenvalue weighted by molar-refractivity contribution is 7.99. The molecule has 2 rings (SSSR count). The molecule has 1 unspecified atom stereocenters. The van der Waals surface area contributed by atoms with E-state index in [2.05, 4.69) is 12.2 Å². The lowest BCUT2D eigenvalue weighted by atomic mass is 9.94. The number of aryl methyl sites for hydroxylation is 1. The van der Waals surface area contributed by atoms with Crippen molar-refractivity contribution in [3.05, 3.63) is 18.1 Å². The number of furan rings is 1. The van der Waals surface area contributed by atoms with E-state index in [1.165, 1.54) is 0 Å². The topological polar surface area (TPSA) is 68.3 Å². The second-order valence-corrected chi connectivity index (χ2v) is 6.18. The van der Waals surface area contributed by atoms with Gasteiger partial charge in [0.15, 0.2) is 0 Å². The zero-order valence-electron chi connectivity index (χ0n) is 11.6. The second-order valence-electron chi connectivity index (χ2n) is 5.17. The van der Waals surface area contributed by atoms with Crippen LogP contribution in [0, 0.1) is 12.8 Å². The molecule has 19 heavy (non-hydrogen) atoms. The van der Waals surface area contributed by atoms with Crippen LogP contribution in [0.1, 0.15) is 31.9 Å². The summed E-state index contributed by atoms with van der Waals surface area (Å²) in [6, 6.07) is 1.94. The highest BCUT2D eigenvalue weighted by atomic mass is 32.2. The van der Waals surface area contributed by atoms with Crippen LogP contribution in [0.4, 0.5) is 0 Å². The molecule has 0 aromatic carbocycles. The van der Waals surface area contributed by atoms with Crippen molar-refractivity contribution < 1.29 is 9.21 Å². The number of carbonyl (C=O) groups excluding carboxylic acids is 1. The number of rotatable bonds is 8. The van der Waals surface area contributed by atoms with Gasteiger partial charge >= 0.3 is 0 Å². The predicted octanol–water partition coefficient (Wildman–Crippen LogP) is 2.31. The number of hydrogen-bond donors (Lipinski definition) is 2. The minimum Gasteiger partial charge on any atom is -0.468 e. The average molecular weight is 282 g/mol. The minimum atomic E-state index is -0.565. The van der Waals surface area contributed by atoms with Crippen molar-refractivity contribution in [3.63, 3.8) is 0 Å². The Bertz CT molecular complexity index is 442. The first-order chi connectivity index (χ1) is 9.10. The molecule has 1 saturated carbocycles. The number of hydrogen-bond acceptors (Lipinski definition) is 4. The molecule has 1 aliphatic carbocycles. The van der Waals surface area contributed by atoms with E-state index in [0.29, 0.717) is 11.7 Å². The molecule has 0 bridgehead atoms. The smallest absolute Gasteiger partial charge is 0.238 e. The molecule has 0 radical (unpaired) electrons. The number of thioether (sulfide) groups is 1. The van der Waals surface area contributed by atoms with E-state index in [9.17, 15) is 4.79 Å². The lowest BCUT2D eigenvalue weighted by Gasteiger charge is -2.31. The van der Waals surface area contributed by atoms with Gasteiger partial charge in [0.25, 0.3) is 0 Å². The molecule has 1 fully saturated rings. The zero-order chi connectivity index (χ0) is 13.9. The van der Waals surface area contributed by atoms with Crippen LogP contribution >= 0.6 is 11.8 Å². The maximum absolute atomic E-state index is 12.0. The van der Waals surface area contributed by atoms with Crippen LogP contribution in [0.5, 0.6) is 0 Å². The summed E-state index contributed by atoms with van der Waals surface area (Å²) in [6.07, 6.45) is 4.85. The van der Waals surface area contributed by atoms with Gasteiger partial charge in [-0.1, -0.05) is 6.92 Å². The van der Waals surface area contributed by atoms with Crippen molar-refractivity contribution in [1.82, 2.24) is 5.32 Å². The maximum atomic E-state index is 12.0. The molecule has 1 aromatic heterocycles. The third-order valence-electron chi connectivity index (χ3n) is 3.67. The van der Waals surface area contributed by atoms with Gasteiger partial charge in [-0.3, -0.25) is 4.79 Å². The molecule has 106 valence electrons. The zero-order valence-corrected chi connectivity index (χ0v) is 12.4. The number of primary amides is 1. The van der Waals surface area contributed by atoms with Crippen molar-refractivity contribution >= 4 is 17.7 Å². The van der Waals surface area contributed by atoms with Gasteiger partial charge in [0.1, 0.15) is 11.3 Å². The molecule has 1 amide bonds. The normalized spacial score (nSPS) is 18.2. The summed E-state index contributed by atoms with van der Waals surface area (Å²) >= 11 is 1.65. The van der Waals surface area contributed by atoms with Crippen molar-refractivity contribution in [2.24, 2.45) is 11.7 Å². The standard InChI is InChI=1S/C14H22N2O2S/c1-3-7-16-14(13(15)17,11-4-5-11)9-19-12-6-8-18-10(12)2/h6,8,11,16H,3-5,7,9H2,1-2H3,(H2,15,17). The Morgan fingerprint density at radius 2 is 2.37 bits per heavy atom. The Morgan fingerprint density at radius 3 is 2.84 bits per heavy atom. The average Bonchev–Trinajstić information content (AvgIpc) is 3.14. The van der Waals surface area contributed by atoms with Crippen LogP contribution in [0.2, 0.25) is 0 Å². The molecule has 0 spiro atoms. The molecule has 1 heterocycles. The summed E-state index contributed by atoms with van der Waals surface area (Å²) in [7, 11) is 0. The second kappa shape index (κ2) is 6.01. The maximum Gasteiger partial charge on any atom is 0.238 e. The van der Waals surface area contributed by atoms with E-state index in [-0.39, 0.29) is 5.91 Å². The van der Waals surface area contributed by atoms with Crippen molar-refractivity contribution in [2.45, 2.75) is 43.5 Å². The largest absolute Gasteiger partial charge is 0.468 e. The minimum absolute atomic E-state index is 0.225. The molecular weight excluding hydrogens is 260 g/mol. The van der Waals surface area contributed by atoms with E-state index in [1.54, 1.807) is 18.0 Å². The quantitative estimate of drug-likeness (QED) is 0.718. The first-order valence-corrected chi connectivity index (χ1v) is 7.80. The van der Waals surface area contributed by atoms with Gasteiger partial charge in [-0.25, -0.2) is 0 Å². The number of nitrogens with one attached hydrogen (secondary N) is 1. The lowest BCUT2D eigenvalue weighted by Crippen LogP contribution is -2.59. The Labute approximate surface area is 118 Å². The molecule has 3 N–H and O–H groups in total. The van der Waals surface area contributed by atoms with Crippen molar-refractivity contribution in [1.29, 1.82) is 0 Å². The summed E-state index contributed by atoms with van der Waals surface area (Å²) < 4.78 is 5.29. The molecule has 1 aliphatic rings. The first kappa shape index (κ1) is 14.5. The number of amides is 1. The van der Waals surface area contributed by atoms with Crippen LogP contribution in [-0.2, 0) is 4.79 Å². The van der Waals surface area contributed by atoms with Crippen molar-refractivity contribution in [3.8, 4) is 0 Å². The summed E-state index contributed by atoms with van der Waals surface area (Å²) in [5.74, 6) is 1.73. The van der Waals surface area contributed by atoms with Gasteiger partial charge in [-0.15, -0.1) is 11.8 Å². The summed E-state index contributed by atoms with van der Waals surface area (Å²) in [4.78, 5) is 13.1. The predicted molar refractivity (Wildman–Crippen MR) is 77.1 cm³/mol. The van der Waals surface area contributed by atoms with Crippen LogP contribution < -0.4 is 11.1 Å². The molecule has 1 aromatic rings. The van der Waals surface area contributed by atoms with Gasteiger partial charge in [-0.2, -0.15) is 0 Å². The van der Waals surface area contributed by atoms with Gasteiger partial charge in [0.2, 0.25) is 5.91 Å². The summed E-state index contributed by atoms with van der Waals surface area (Å²) in [6.45, 7) is 4.86. The van der Waals surface area contributed by atoms with Gasteiger partial charge in [0, 0.05) is 10.6 Å².